The van der Waals surface area contributed by atoms with Crippen LogP contribution in [0.1, 0.15) is 48.0 Å². The summed E-state index contributed by atoms with van der Waals surface area (Å²) in [5, 5.41) is 3.14. The molecule has 0 aliphatic carbocycles. The summed E-state index contributed by atoms with van der Waals surface area (Å²) in [5.74, 6) is 0. The average Bonchev–Trinajstić information content (AvgIpc) is 2.39. The Labute approximate surface area is 103 Å². The van der Waals surface area contributed by atoms with Gasteiger partial charge in [-0.05, 0) is 26.0 Å². The predicted molar refractivity (Wildman–Crippen MR) is 77.8 cm³/mol. The van der Waals surface area contributed by atoms with Crippen molar-refractivity contribution in [3.05, 3.63) is 23.3 Å². The molecule has 2 heteroatoms. The monoisotopic (exact) mass is 228 g/mol. The van der Waals surface area contributed by atoms with E-state index in [9.17, 15) is 0 Å². The minimum absolute atomic E-state index is 0.629. The van der Waals surface area contributed by atoms with Crippen molar-refractivity contribution in [1.82, 2.24) is 5.32 Å². The van der Waals surface area contributed by atoms with E-state index in [0.29, 0.717) is 6.54 Å². The van der Waals surface area contributed by atoms with E-state index in [-0.39, 0.29) is 0 Å². The molecule has 0 saturated heterocycles. The van der Waals surface area contributed by atoms with E-state index in [1.165, 1.54) is 11.1 Å². The van der Waals surface area contributed by atoms with Gasteiger partial charge in [-0.1, -0.05) is 52.3 Å². The van der Waals surface area contributed by atoms with Crippen molar-refractivity contribution in [3.8, 4) is 0 Å². The molecule has 98 valence electrons. The van der Waals surface area contributed by atoms with Gasteiger partial charge in [0.25, 0.3) is 0 Å². The Morgan fingerprint density at radius 1 is 1.19 bits per heavy atom. The summed E-state index contributed by atoms with van der Waals surface area (Å²) < 4.78 is 0. The fourth-order valence-corrected chi connectivity index (χ4v) is 1.03. The standard InChI is InChI=1S/C10H20N2.2C2H6/c1-4-9(7-11)6-10(5-2)8-12-3;2*1-2/h4,6,12H,5,7-8,11H2,1-3H3;2*1-2H3/b9-4+,10-6+;;. The van der Waals surface area contributed by atoms with E-state index in [0.717, 1.165) is 13.0 Å². The molecule has 0 rings (SSSR count). The second kappa shape index (κ2) is 19.9. The third-order valence-electron chi connectivity index (χ3n) is 1.85. The van der Waals surface area contributed by atoms with Crippen LogP contribution in [0.4, 0.5) is 0 Å². The predicted octanol–water partition coefficient (Wildman–Crippen LogP) is 3.50. The number of nitrogens with two attached hydrogens (primary N) is 1. The summed E-state index contributed by atoms with van der Waals surface area (Å²) in [6.45, 7) is 13.8. The first-order valence-electron chi connectivity index (χ1n) is 6.47. The van der Waals surface area contributed by atoms with Gasteiger partial charge in [0.15, 0.2) is 0 Å². The van der Waals surface area contributed by atoms with Gasteiger partial charge in [0.2, 0.25) is 0 Å². The highest BCUT2D eigenvalue weighted by Crippen LogP contribution is 2.04. The van der Waals surface area contributed by atoms with Gasteiger partial charge in [-0.15, -0.1) is 0 Å². The molecule has 0 aromatic rings. The number of hydrogen-bond donors (Lipinski definition) is 2. The molecule has 0 aliphatic heterocycles. The molecule has 0 fully saturated rings. The molecule has 0 radical (unpaired) electrons. The molecule has 0 bridgehead atoms. The maximum atomic E-state index is 5.55. The third-order valence-corrected chi connectivity index (χ3v) is 1.85. The highest BCUT2D eigenvalue weighted by molar-refractivity contribution is 5.24. The van der Waals surface area contributed by atoms with Gasteiger partial charge in [0.05, 0.1) is 0 Å². The van der Waals surface area contributed by atoms with Crippen LogP contribution in [0.25, 0.3) is 0 Å². The fraction of sp³-hybridized carbons (Fsp3) is 0.714. The van der Waals surface area contributed by atoms with Gasteiger partial charge < -0.3 is 11.1 Å². The number of hydrogen-bond acceptors (Lipinski definition) is 2. The van der Waals surface area contributed by atoms with Crippen LogP contribution >= 0.6 is 0 Å². The lowest BCUT2D eigenvalue weighted by molar-refractivity contribution is 0.842. The molecule has 0 aromatic heterocycles. The van der Waals surface area contributed by atoms with Crippen molar-refractivity contribution < 1.29 is 0 Å². The molecule has 3 N–H and O–H groups in total. The van der Waals surface area contributed by atoms with Crippen molar-refractivity contribution in [2.45, 2.75) is 48.0 Å². The second-order valence-corrected chi connectivity index (χ2v) is 2.75. The normalized spacial score (nSPS) is 11.0. The molecule has 0 spiro atoms. The van der Waals surface area contributed by atoms with E-state index < -0.39 is 0 Å². The molecule has 2 nitrogen and oxygen atoms in total. The lowest BCUT2D eigenvalue weighted by Crippen LogP contribution is -2.11. The summed E-state index contributed by atoms with van der Waals surface area (Å²) in [4.78, 5) is 0. The van der Waals surface area contributed by atoms with Gasteiger partial charge >= 0.3 is 0 Å². The zero-order valence-corrected chi connectivity index (χ0v) is 12.4. The SMILES string of the molecule is C/C=C(\C=C(/CC)CNC)CN.CC.CC. The van der Waals surface area contributed by atoms with E-state index in [4.69, 9.17) is 5.73 Å². The van der Waals surface area contributed by atoms with Crippen LogP contribution in [0.15, 0.2) is 23.3 Å². The topological polar surface area (TPSA) is 38.0 Å². The third kappa shape index (κ3) is 13.4. The first-order chi connectivity index (χ1) is 7.78. The molecule has 0 atom stereocenters. The van der Waals surface area contributed by atoms with Crippen molar-refractivity contribution in [3.63, 3.8) is 0 Å². The van der Waals surface area contributed by atoms with Crippen LogP contribution < -0.4 is 11.1 Å². The molecule has 0 unspecified atom stereocenters. The van der Waals surface area contributed by atoms with E-state index in [2.05, 4.69) is 24.4 Å². The zero-order valence-electron chi connectivity index (χ0n) is 12.4. The van der Waals surface area contributed by atoms with Crippen molar-refractivity contribution in [2.24, 2.45) is 5.73 Å². The van der Waals surface area contributed by atoms with Crippen LogP contribution in [-0.4, -0.2) is 20.1 Å². The van der Waals surface area contributed by atoms with E-state index in [1.54, 1.807) is 0 Å². The molecule has 0 aromatic carbocycles. The highest BCUT2D eigenvalue weighted by Gasteiger charge is 1.93. The minimum atomic E-state index is 0.629. The number of rotatable bonds is 5. The van der Waals surface area contributed by atoms with Crippen molar-refractivity contribution in [1.29, 1.82) is 0 Å². The first-order valence-corrected chi connectivity index (χ1v) is 6.47. The maximum Gasteiger partial charge on any atom is 0.0174 e. The number of likely N-dealkylation sites (N-methyl/N-ethyl adjacent to an activating group) is 1. The van der Waals surface area contributed by atoms with Gasteiger partial charge in [0.1, 0.15) is 0 Å². The molecular formula is C14H32N2. The Morgan fingerprint density at radius 3 is 1.94 bits per heavy atom. The van der Waals surface area contributed by atoms with Crippen molar-refractivity contribution in [2.75, 3.05) is 20.1 Å². The smallest absolute Gasteiger partial charge is 0.0174 e. The van der Waals surface area contributed by atoms with Crippen LogP contribution in [0.3, 0.4) is 0 Å². The van der Waals surface area contributed by atoms with Gasteiger partial charge in [-0.2, -0.15) is 0 Å². The largest absolute Gasteiger partial charge is 0.327 e. The Balaban J connectivity index is -0.000000376. The number of nitrogens with one attached hydrogen (secondary N) is 1. The lowest BCUT2D eigenvalue weighted by atomic mass is 10.1. The molecular weight excluding hydrogens is 196 g/mol. The first kappa shape index (κ1) is 20.8. The molecule has 16 heavy (non-hydrogen) atoms. The van der Waals surface area contributed by atoms with Gasteiger partial charge in [-0.3, -0.25) is 0 Å². The van der Waals surface area contributed by atoms with Gasteiger partial charge in [0, 0.05) is 13.1 Å². The van der Waals surface area contributed by atoms with Crippen molar-refractivity contribution >= 4 is 0 Å². The summed E-state index contributed by atoms with van der Waals surface area (Å²) in [6, 6.07) is 0. The second-order valence-electron chi connectivity index (χ2n) is 2.75. The maximum absolute atomic E-state index is 5.55. The Hall–Kier alpha value is -0.600. The molecule has 0 aliphatic rings. The fourth-order valence-electron chi connectivity index (χ4n) is 1.03. The Bertz CT molecular complexity index is 170. The molecule has 0 heterocycles. The van der Waals surface area contributed by atoms with Gasteiger partial charge in [-0.25, -0.2) is 0 Å². The Kier molecular flexibility index (Phi) is 25.8. The summed E-state index contributed by atoms with van der Waals surface area (Å²) in [6.07, 6.45) is 5.32. The molecule has 0 amide bonds. The van der Waals surface area contributed by atoms with Crippen LogP contribution in [0.5, 0.6) is 0 Å². The lowest BCUT2D eigenvalue weighted by Gasteiger charge is -2.04. The van der Waals surface area contributed by atoms with E-state index >= 15 is 0 Å². The summed E-state index contributed by atoms with van der Waals surface area (Å²) in [7, 11) is 1.96. The number of allylic oxidation sites excluding steroid dienone is 1. The zero-order chi connectivity index (χ0) is 13.4. The summed E-state index contributed by atoms with van der Waals surface area (Å²) >= 11 is 0. The summed E-state index contributed by atoms with van der Waals surface area (Å²) in [5.41, 5.74) is 8.16. The quantitative estimate of drug-likeness (QED) is 0.707. The van der Waals surface area contributed by atoms with Crippen LogP contribution in [-0.2, 0) is 0 Å². The average molecular weight is 228 g/mol. The van der Waals surface area contributed by atoms with Crippen LogP contribution in [0, 0.1) is 0 Å². The Morgan fingerprint density at radius 2 is 1.69 bits per heavy atom. The molecule has 0 saturated carbocycles. The van der Waals surface area contributed by atoms with Crippen LogP contribution in [0.2, 0.25) is 0 Å². The minimum Gasteiger partial charge on any atom is -0.327 e. The van der Waals surface area contributed by atoms with E-state index in [1.807, 2.05) is 41.7 Å². The highest BCUT2D eigenvalue weighted by atomic mass is 14.8.